The molecule has 0 bridgehead atoms. The molecule has 0 unspecified atom stereocenters. The van der Waals surface area contributed by atoms with Gasteiger partial charge in [-0.3, -0.25) is 4.79 Å². The van der Waals surface area contributed by atoms with Crippen LogP contribution in [0, 0.1) is 0 Å². The lowest BCUT2D eigenvalue weighted by atomic mass is 10.2. The molecule has 0 aliphatic heterocycles. The molecule has 0 fully saturated rings. The third kappa shape index (κ3) is 2.16. The number of nitrogens with two attached hydrogens (primary N) is 1. The van der Waals surface area contributed by atoms with E-state index in [-0.39, 0.29) is 0 Å². The summed E-state index contributed by atoms with van der Waals surface area (Å²) in [5.74, 6) is 0.649. The second kappa shape index (κ2) is 4.57. The molecular formula is C13H17N3O. The Balaban J connectivity index is 2.45. The van der Waals surface area contributed by atoms with E-state index in [4.69, 9.17) is 5.73 Å². The van der Waals surface area contributed by atoms with Crippen LogP contribution in [0.2, 0.25) is 0 Å². The summed E-state index contributed by atoms with van der Waals surface area (Å²) < 4.78 is 2.08. The number of imidazole rings is 1. The fraction of sp³-hybridized carbons (Fsp3) is 0.385. The summed E-state index contributed by atoms with van der Waals surface area (Å²) in [7, 11) is 2.00. The van der Waals surface area contributed by atoms with E-state index in [0.717, 1.165) is 36.1 Å². The average molecular weight is 231 g/mol. The monoisotopic (exact) mass is 231 g/mol. The van der Waals surface area contributed by atoms with Crippen molar-refractivity contribution >= 4 is 16.9 Å². The van der Waals surface area contributed by atoms with Crippen LogP contribution in [-0.4, -0.2) is 15.5 Å². The Kier molecular flexibility index (Phi) is 3.13. The number of carbonyl (C=O) groups excluding carboxylic acids is 1. The fourth-order valence-corrected chi connectivity index (χ4v) is 1.96. The molecule has 4 nitrogen and oxygen atoms in total. The Morgan fingerprint density at radius 2 is 2.24 bits per heavy atom. The van der Waals surface area contributed by atoms with Gasteiger partial charge in [0, 0.05) is 19.0 Å². The molecule has 0 radical (unpaired) electrons. The van der Waals surface area contributed by atoms with Crippen LogP contribution in [0.15, 0.2) is 18.2 Å². The highest BCUT2D eigenvalue weighted by Gasteiger charge is 2.09. The number of rotatable bonds is 4. The molecule has 0 aliphatic rings. The van der Waals surface area contributed by atoms with Gasteiger partial charge in [-0.2, -0.15) is 0 Å². The number of nitrogens with zero attached hydrogens (tertiary/aromatic N) is 2. The van der Waals surface area contributed by atoms with Gasteiger partial charge in [0.15, 0.2) is 0 Å². The molecule has 0 aliphatic carbocycles. The van der Waals surface area contributed by atoms with Crippen molar-refractivity contribution in [1.29, 1.82) is 0 Å². The highest BCUT2D eigenvalue weighted by molar-refractivity contribution is 5.96. The zero-order valence-corrected chi connectivity index (χ0v) is 10.2. The molecule has 1 amide bonds. The molecule has 0 saturated heterocycles. The maximum atomic E-state index is 11.1. The van der Waals surface area contributed by atoms with Crippen molar-refractivity contribution in [1.82, 2.24) is 9.55 Å². The summed E-state index contributed by atoms with van der Waals surface area (Å²) >= 11 is 0. The Bertz CT molecular complexity index is 557. The standard InChI is InChI=1S/C13H17N3O/c1-3-4-5-12-15-10-8-9(13(14)17)6-7-11(10)16(12)2/h6-8H,3-5H2,1-2H3,(H2,14,17). The van der Waals surface area contributed by atoms with Crippen molar-refractivity contribution in [3.05, 3.63) is 29.6 Å². The first-order valence-corrected chi connectivity index (χ1v) is 5.88. The molecule has 2 aromatic rings. The lowest BCUT2D eigenvalue weighted by Gasteiger charge is -2.00. The number of unbranched alkanes of at least 4 members (excludes halogenated alkanes) is 1. The van der Waals surface area contributed by atoms with Gasteiger partial charge in [-0.05, 0) is 24.6 Å². The first kappa shape index (κ1) is 11.6. The summed E-state index contributed by atoms with van der Waals surface area (Å²) in [4.78, 5) is 15.6. The maximum Gasteiger partial charge on any atom is 0.248 e. The number of aromatic nitrogens is 2. The van der Waals surface area contributed by atoms with Crippen LogP contribution in [0.5, 0.6) is 0 Å². The van der Waals surface area contributed by atoms with Crippen molar-refractivity contribution in [2.45, 2.75) is 26.2 Å². The first-order valence-electron chi connectivity index (χ1n) is 5.88. The van der Waals surface area contributed by atoms with Gasteiger partial charge in [0.25, 0.3) is 0 Å². The molecule has 2 rings (SSSR count). The Morgan fingerprint density at radius 3 is 2.88 bits per heavy atom. The predicted molar refractivity (Wildman–Crippen MR) is 67.8 cm³/mol. The highest BCUT2D eigenvalue weighted by atomic mass is 16.1. The quantitative estimate of drug-likeness (QED) is 0.875. The second-order valence-electron chi connectivity index (χ2n) is 4.26. The number of amides is 1. The zero-order valence-electron chi connectivity index (χ0n) is 10.2. The zero-order chi connectivity index (χ0) is 12.4. The van der Waals surface area contributed by atoms with E-state index in [9.17, 15) is 4.79 Å². The topological polar surface area (TPSA) is 60.9 Å². The largest absolute Gasteiger partial charge is 0.366 e. The molecule has 1 aromatic carbocycles. The molecule has 0 atom stereocenters. The number of hydrogen-bond donors (Lipinski definition) is 1. The van der Waals surface area contributed by atoms with Crippen LogP contribution in [0.4, 0.5) is 0 Å². The minimum atomic E-state index is -0.410. The fourth-order valence-electron chi connectivity index (χ4n) is 1.96. The van der Waals surface area contributed by atoms with Crippen molar-refractivity contribution in [2.75, 3.05) is 0 Å². The molecule has 1 aromatic heterocycles. The van der Waals surface area contributed by atoms with Gasteiger partial charge in [0.05, 0.1) is 11.0 Å². The number of primary amides is 1. The van der Waals surface area contributed by atoms with Crippen LogP contribution >= 0.6 is 0 Å². The second-order valence-corrected chi connectivity index (χ2v) is 4.26. The van der Waals surface area contributed by atoms with Crippen LogP contribution in [-0.2, 0) is 13.5 Å². The molecule has 17 heavy (non-hydrogen) atoms. The minimum Gasteiger partial charge on any atom is -0.366 e. The van der Waals surface area contributed by atoms with Gasteiger partial charge in [-0.25, -0.2) is 4.98 Å². The lowest BCUT2D eigenvalue weighted by molar-refractivity contribution is 0.100. The van der Waals surface area contributed by atoms with E-state index < -0.39 is 5.91 Å². The predicted octanol–water partition coefficient (Wildman–Crippen LogP) is 2.01. The number of benzene rings is 1. The number of hydrogen-bond acceptors (Lipinski definition) is 2. The highest BCUT2D eigenvalue weighted by Crippen LogP contribution is 2.17. The molecular weight excluding hydrogens is 214 g/mol. The number of aryl methyl sites for hydroxylation is 2. The van der Waals surface area contributed by atoms with E-state index in [2.05, 4.69) is 16.5 Å². The van der Waals surface area contributed by atoms with Crippen LogP contribution in [0.25, 0.3) is 11.0 Å². The Morgan fingerprint density at radius 1 is 1.47 bits per heavy atom. The van der Waals surface area contributed by atoms with Gasteiger partial charge in [0.2, 0.25) is 5.91 Å². The average Bonchev–Trinajstić information content (AvgIpc) is 2.63. The van der Waals surface area contributed by atoms with Gasteiger partial charge < -0.3 is 10.3 Å². The summed E-state index contributed by atoms with van der Waals surface area (Å²) in [5, 5.41) is 0. The SMILES string of the molecule is CCCCc1nc2cc(C(N)=O)ccc2n1C. The third-order valence-corrected chi connectivity index (χ3v) is 3.01. The molecule has 0 spiro atoms. The van der Waals surface area contributed by atoms with Crippen molar-refractivity contribution in [3.8, 4) is 0 Å². The third-order valence-electron chi connectivity index (χ3n) is 3.01. The first-order chi connectivity index (χ1) is 8.13. The van der Waals surface area contributed by atoms with Gasteiger partial charge in [0.1, 0.15) is 5.82 Å². The van der Waals surface area contributed by atoms with Crippen LogP contribution in [0.3, 0.4) is 0 Å². The van der Waals surface area contributed by atoms with E-state index in [1.807, 2.05) is 13.1 Å². The molecule has 4 heteroatoms. The minimum absolute atomic E-state index is 0.410. The van der Waals surface area contributed by atoms with Crippen LogP contribution < -0.4 is 5.73 Å². The number of fused-ring (bicyclic) bond motifs is 1. The molecule has 90 valence electrons. The summed E-state index contributed by atoms with van der Waals surface area (Å²) in [6.07, 6.45) is 3.24. The molecule has 1 heterocycles. The van der Waals surface area contributed by atoms with Crippen molar-refractivity contribution < 1.29 is 4.79 Å². The number of carbonyl (C=O) groups is 1. The van der Waals surface area contributed by atoms with Gasteiger partial charge in [-0.15, -0.1) is 0 Å². The van der Waals surface area contributed by atoms with E-state index in [1.165, 1.54) is 0 Å². The molecule has 2 N–H and O–H groups in total. The van der Waals surface area contributed by atoms with Crippen LogP contribution in [0.1, 0.15) is 35.9 Å². The van der Waals surface area contributed by atoms with E-state index in [0.29, 0.717) is 5.56 Å². The molecule has 0 saturated carbocycles. The van der Waals surface area contributed by atoms with E-state index in [1.54, 1.807) is 12.1 Å². The summed E-state index contributed by atoms with van der Waals surface area (Å²) in [6, 6.07) is 5.40. The smallest absolute Gasteiger partial charge is 0.248 e. The maximum absolute atomic E-state index is 11.1. The van der Waals surface area contributed by atoms with Gasteiger partial charge in [-0.1, -0.05) is 13.3 Å². The summed E-state index contributed by atoms with van der Waals surface area (Å²) in [5.41, 5.74) is 7.65. The van der Waals surface area contributed by atoms with Crippen molar-refractivity contribution in [2.24, 2.45) is 12.8 Å². The van der Waals surface area contributed by atoms with Gasteiger partial charge >= 0.3 is 0 Å². The summed E-state index contributed by atoms with van der Waals surface area (Å²) in [6.45, 7) is 2.16. The van der Waals surface area contributed by atoms with E-state index >= 15 is 0 Å². The van der Waals surface area contributed by atoms with Crippen molar-refractivity contribution in [3.63, 3.8) is 0 Å². The normalized spacial score (nSPS) is 10.9. The Hall–Kier alpha value is -1.84. The lowest BCUT2D eigenvalue weighted by Crippen LogP contribution is -2.10. The Labute approximate surface area is 100 Å².